The fourth-order valence-corrected chi connectivity index (χ4v) is 1.36. The lowest BCUT2D eigenvalue weighted by Crippen LogP contribution is -2.23. The van der Waals surface area contributed by atoms with E-state index in [2.05, 4.69) is 4.98 Å². The summed E-state index contributed by atoms with van der Waals surface area (Å²) in [5.41, 5.74) is 1.68. The van der Waals surface area contributed by atoms with Crippen LogP contribution in [0.25, 0.3) is 10.9 Å². The third kappa shape index (κ3) is 1.31. The van der Waals surface area contributed by atoms with Gasteiger partial charge in [-0.25, -0.2) is 4.79 Å². The van der Waals surface area contributed by atoms with E-state index in [1.54, 1.807) is 6.07 Å². The van der Waals surface area contributed by atoms with Crippen LogP contribution in [0.3, 0.4) is 0 Å². The minimum absolute atomic E-state index is 0.671. The molecular formula is C10H10N2O2. The molecule has 0 aliphatic heterocycles. The molecule has 1 amide bonds. The smallest absolute Gasteiger partial charge is 0.411 e. The zero-order valence-electron chi connectivity index (χ0n) is 7.69. The Morgan fingerprint density at radius 1 is 1.43 bits per heavy atom. The van der Waals surface area contributed by atoms with Gasteiger partial charge in [0, 0.05) is 29.8 Å². The molecule has 14 heavy (non-hydrogen) atoms. The Bertz CT molecular complexity index is 476. The zero-order chi connectivity index (χ0) is 10.1. The summed E-state index contributed by atoms with van der Waals surface area (Å²) in [6.07, 6.45) is 0.870. The van der Waals surface area contributed by atoms with Gasteiger partial charge in [0.2, 0.25) is 0 Å². The highest BCUT2D eigenvalue weighted by Gasteiger charge is 2.08. The van der Waals surface area contributed by atoms with Crippen LogP contribution in [0.4, 0.5) is 10.5 Å². The molecule has 4 heteroatoms. The van der Waals surface area contributed by atoms with E-state index in [0.29, 0.717) is 5.69 Å². The van der Waals surface area contributed by atoms with Crippen molar-refractivity contribution in [1.29, 1.82) is 0 Å². The number of anilines is 1. The number of aromatic amines is 1. The van der Waals surface area contributed by atoms with Crippen LogP contribution in [0.15, 0.2) is 30.5 Å². The number of nitrogens with one attached hydrogen (secondary N) is 1. The molecule has 1 aromatic carbocycles. The summed E-state index contributed by atoms with van der Waals surface area (Å²) >= 11 is 0. The Balaban J connectivity index is 2.48. The number of hydrogen-bond donors (Lipinski definition) is 2. The summed E-state index contributed by atoms with van der Waals surface area (Å²) < 4.78 is 0. The number of fused-ring (bicyclic) bond motifs is 1. The van der Waals surface area contributed by atoms with Gasteiger partial charge in [-0.3, -0.25) is 4.90 Å². The molecule has 2 aromatic rings. The molecule has 0 fully saturated rings. The lowest BCUT2D eigenvalue weighted by Gasteiger charge is -2.12. The van der Waals surface area contributed by atoms with E-state index in [-0.39, 0.29) is 0 Å². The maximum atomic E-state index is 10.7. The Morgan fingerprint density at radius 3 is 2.93 bits per heavy atom. The Hall–Kier alpha value is -1.97. The summed E-state index contributed by atoms with van der Waals surface area (Å²) in [6.45, 7) is 0. The van der Waals surface area contributed by atoms with Crippen LogP contribution in [-0.4, -0.2) is 23.2 Å². The number of hydrogen-bond acceptors (Lipinski definition) is 1. The third-order valence-corrected chi connectivity index (χ3v) is 2.21. The number of nitrogens with zero attached hydrogens (tertiary/aromatic N) is 1. The summed E-state index contributed by atoms with van der Waals surface area (Å²) in [7, 11) is 1.52. The monoisotopic (exact) mass is 190 g/mol. The highest BCUT2D eigenvalue weighted by atomic mass is 16.4. The normalized spacial score (nSPS) is 10.4. The van der Waals surface area contributed by atoms with Gasteiger partial charge in [0.15, 0.2) is 0 Å². The van der Waals surface area contributed by atoms with E-state index in [9.17, 15) is 4.79 Å². The highest BCUT2D eigenvalue weighted by Crippen LogP contribution is 2.20. The molecule has 72 valence electrons. The molecule has 2 N–H and O–H groups in total. The minimum Gasteiger partial charge on any atom is -0.465 e. The standard InChI is InChI=1S/C10H10N2O2/c1-12(10(13)14)8-2-3-9-7(6-8)4-5-11-9/h2-6,11H,1H3,(H,13,14). The molecule has 0 aliphatic carbocycles. The van der Waals surface area contributed by atoms with E-state index in [1.807, 2.05) is 24.4 Å². The van der Waals surface area contributed by atoms with E-state index in [1.165, 1.54) is 11.9 Å². The molecule has 0 aliphatic rings. The average Bonchev–Trinajstić information content (AvgIpc) is 2.62. The molecule has 0 saturated carbocycles. The largest absolute Gasteiger partial charge is 0.465 e. The average molecular weight is 190 g/mol. The van der Waals surface area contributed by atoms with Gasteiger partial charge in [0.1, 0.15) is 0 Å². The van der Waals surface area contributed by atoms with E-state index in [4.69, 9.17) is 5.11 Å². The fraction of sp³-hybridized carbons (Fsp3) is 0.100. The first kappa shape index (κ1) is 8.62. The van der Waals surface area contributed by atoms with E-state index < -0.39 is 6.09 Å². The van der Waals surface area contributed by atoms with Gasteiger partial charge in [-0.15, -0.1) is 0 Å². The number of benzene rings is 1. The Labute approximate surface area is 80.8 Å². The van der Waals surface area contributed by atoms with Crippen molar-refractivity contribution in [2.45, 2.75) is 0 Å². The third-order valence-electron chi connectivity index (χ3n) is 2.21. The topological polar surface area (TPSA) is 56.3 Å². The molecule has 0 spiro atoms. The predicted molar refractivity (Wildman–Crippen MR) is 54.7 cm³/mol. The first-order valence-corrected chi connectivity index (χ1v) is 4.22. The lowest BCUT2D eigenvalue weighted by atomic mass is 10.2. The van der Waals surface area contributed by atoms with Crippen molar-refractivity contribution in [2.75, 3.05) is 11.9 Å². The molecule has 2 rings (SSSR count). The molecule has 4 nitrogen and oxygen atoms in total. The second-order valence-corrected chi connectivity index (χ2v) is 3.09. The van der Waals surface area contributed by atoms with Crippen molar-refractivity contribution in [3.8, 4) is 0 Å². The van der Waals surface area contributed by atoms with Crippen molar-refractivity contribution in [3.63, 3.8) is 0 Å². The Morgan fingerprint density at radius 2 is 2.21 bits per heavy atom. The van der Waals surface area contributed by atoms with Crippen LogP contribution in [0.2, 0.25) is 0 Å². The molecule has 0 atom stereocenters. The molecule has 1 aromatic heterocycles. The van der Waals surface area contributed by atoms with Crippen LogP contribution < -0.4 is 4.90 Å². The Kier molecular flexibility index (Phi) is 1.89. The summed E-state index contributed by atoms with van der Waals surface area (Å²) in [6, 6.07) is 7.38. The maximum Gasteiger partial charge on any atom is 0.411 e. The number of carboxylic acid groups (broad SMARTS) is 1. The number of aromatic nitrogens is 1. The van der Waals surface area contributed by atoms with Crippen LogP contribution in [0, 0.1) is 0 Å². The summed E-state index contributed by atoms with van der Waals surface area (Å²) in [5.74, 6) is 0. The van der Waals surface area contributed by atoms with Gasteiger partial charge in [-0.05, 0) is 24.3 Å². The predicted octanol–water partition coefficient (Wildman–Crippen LogP) is 2.28. The quantitative estimate of drug-likeness (QED) is 0.724. The molecule has 0 saturated heterocycles. The maximum absolute atomic E-state index is 10.7. The van der Waals surface area contributed by atoms with Crippen LogP contribution in [0.1, 0.15) is 0 Å². The second kappa shape index (κ2) is 3.06. The lowest BCUT2D eigenvalue weighted by molar-refractivity contribution is 0.203. The highest BCUT2D eigenvalue weighted by molar-refractivity contribution is 5.90. The zero-order valence-corrected chi connectivity index (χ0v) is 7.69. The number of amides is 1. The number of H-pyrrole nitrogens is 1. The number of rotatable bonds is 1. The van der Waals surface area contributed by atoms with Gasteiger partial charge < -0.3 is 10.1 Å². The van der Waals surface area contributed by atoms with Crippen LogP contribution in [0.5, 0.6) is 0 Å². The number of carbonyl (C=O) groups is 1. The molecule has 1 heterocycles. The molecule has 0 bridgehead atoms. The van der Waals surface area contributed by atoms with Gasteiger partial charge in [0.25, 0.3) is 0 Å². The minimum atomic E-state index is -0.958. The van der Waals surface area contributed by atoms with Crippen molar-refractivity contribution < 1.29 is 9.90 Å². The van der Waals surface area contributed by atoms with Gasteiger partial charge >= 0.3 is 6.09 Å². The van der Waals surface area contributed by atoms with Crippen molar-refractivity contribution in [3.05, 3.63) is 30.5 Å². The summed E-state index contributed by atoms with van der Waals surface area (Å²) in [4.78, 5) is 14.9. The first-order chi connectivity index (χ1) is 6.68. The van der Waals surface area contributed by atoms with Gasteiger partial charge in [-0.2, -0.15) is 0 Å². The van der Waals surface area contributed by atoms with Crippen LogP contribution >= 0.6 is 0 Å². The summed E-state index contributed by atoms with van der Waals surface area (Å²) in [5, 5.41) is 9.79. The SMILES string of the molecule is CN(C(=O)O)c1ccc2[nH]ccc2c1. The molecule has 0 unspecified atom stereocenters. The van der Waals surface area contributed by atoms with E-state index in [0.717, 1.165) is 10.9 Å². The molecule has 0 radical (unpaired) electrons. The van der Waals surface area contributed by atoms with Crippen molar-refractivity contribution >= 4 is 22.7 Å². The fourth-order valence-electron chi connectivity index (χ4n) is 1.36. The second-order valence-electron chi connectivity index (χ2n) is 3.09. The van der Waals surface area contributed by atoms with Crippen molar-refractivity contribution in [1.82, 2.24) is 4.98 Å². The van der Waals surface area contributed by atoms with Gasteiger partial charge in [-0.1, -0.05) is 0 Å². The van der Waals surface area contributed by atoms with Crippen molar-refractivity contribution in [2.24, 2.45) is 0 Å². The van der Waals surface area contributed by atoms with E-state index >= 15 is 0 Å². The van der Waals surface area contributed by atoms with Gasteiger partial charge in [0.05, 0.1) is 0 Å². The molecular weight excluding hydrogens is 180 g/mol. The van der Waals surface area contributed by atoms with Crippen LogP contribution in [-0.2, 0) is 0 Å². The first-order valence-electron chi connectivity index (χ1n) is 4.22.